The standard InChI is InChI=1S/C30H31F2N3O2/c31-23-11-9-22(10-12-23)20-35-21-27(25-6-2-4-8-29(25)35)26(24-5-1-3-7-28(24)32)19-30(36)33-13-14-34-15-17-37-18-16-34/h1-12,21,26H,13-20H2,(H,33,36). The van der Waals surface area contributed by atoms with Crippen LogP contribution in [0.1, 0.15) is 29.0 Å². The monoisotopic (exact) mass is 503 g/mol. The molecule has 37 heavy (non-hydrogen) atoms. The van der Waals surface area contributed by atoms with E-state index in [0.29, 0.717) is 31.9 Å². The number of hydrogen-bond acceptors (Lipinski definition) is 3. The maximum absolute atomic E-state index is 15.1. The highest BCUT2D eigenvalue weighted by atomic mass is 19.1. The van der Waals surface area contributed by atoms with Crippen LogP contribution in [0, 0.1) is 11.6 Å². The van der Waals surface area contributed by atoms with Crippen LogP contribution in [-0.2, 0) is 16.1 Å². The van der Waals surface area contributed by atoms with Gasteiger partial charge in [0.2, 0.25) is 5.91 Å². The smallest absolute Gasteiger partial charge is 0.220 e. The molecule has 5 nitrogen and oxygen atoms in total. The van der Waals surface area contributed by atoms with E-state index in [1.165, 1.54) is 18.2 Å². The minimum absolute atomic E-state index is 0.114. The lowest BCUT2D eigenvalue weighted by Crippen LogP contribution is -2.41. The van der Waals surface area contributed by atoms with Gasteiger partial charge in [0.1, 0.15) is 11.6 Å². The van der Waals surface area contributed by atoms with Gasteiger partial charge >= 0.3 is 0 Å². The van der Waals surface area contributed by atoms with E-state index in [2.05, 4.69) is 14.8 Å². The third-order valence-electron chi connectivity index (χ3n) is 6.99. The molecule has 5 rings (SSSR count). The number of ether oxygens (including phenoxy) is 1. The van der Waals surface area contributed by atoms with Gasteiger partial charge in [-0.05, 0) is 41.0 Å². The van der Waals surface area contributed by atoms with Gasteiger partial charge in [-0.2, -0.15) is 0 Å². The number of aromatic nitrogens is 1. The molecule has 4 aromatic rings. The molecule has 1 N–H and O–H groups in total. The van der Waals surface area contributed by atoms with Gasteiger partial charge in [-0.25, -0.2) is 8.78 Å². The number of nitrogens with one attached hydrogen (secondary N) is 1. The van der Waals surface area contributed by atoms with E-state index in [9.17, 15) is 9.18 Å². The van der Waals surface area contributed by atoms with E-state index in [1.54, 1.807) is 30.3 Å². The Morgan fingerprint density at radius 1 is 0.919 bits per heavy atom. The van der Waals surface area contributed by atoms with Crippen LogP contribution in [0.4, 0.5) is 8.78 Å². The van der Waals surface area contributed by atoms with E-state index in [-0.39, 0.29) is 24.0 Å². The average molecular weight is 504 g/mol. The Balaban J connectivity index is 1.42. The van der Waals surface area contributed by atoms with E-state index < -0.39 is 5.92 Å². The largest absolute Gasteiger partial charge is 0.379 e. The summed E-state index contributed by atoms with van der Waals surface area (Å²) in [6, 6.07) is 21.0. The van der Waals surface area contributed by atoms with E-state index in [1.807, 2.05) is 30.5 Å². The normalized spacial score (nSPS) is 15.1. The highest BCUT2D eigenvalue weighted by Gasteiger charge is 2.25. The molecule has 3 aromatic carbocycles. The first-order chi connectivity index (χ1) is 18.1. The van der Waals surface area contributed by atoms with Crippen LogP contribution in [-0.4, -0.2) is 54.8 Å². The lowest BCUT2D eigenvalue weighted by molar-refractivity contribution is -0.121. The van der Waals surface area contributed by atoms with Crippen molar-refractivity contribution in [2.45, 2.75) is 18.9 Å². The van der Waals surface area contributed by atoms with Crippen LogP contribution in [0.25, 0.3) is 10.9 Å². The van der Waals surface area contributed by atoms with Crippen molar-refractivity contribution in [2.24, 2.45) is 0 Å². The van der Waals surface area contributed by atoms with Crippen LogP contribution in [0.2, 0.25) is 0 Å². The predicted molar refractivity (Wildman–Crippen MR) is 141 cm³/mol. The Morgan fingerprint density at radius 3 is 2.43 bits per heavy atom. The van der Waals surface area contributed by atoms with Crippen LogP contribution in [0.15, 0.2) is 79.0 Å². The molecular formula is C30H31F2N3O2. The number of benzene rings is 3. The molecule has 192 valence electrons. The molecule has 0 saturated carbocycles. The zero-order valence-corrected chi connectivity index (χ0v) is 20.7. The Morgan fingerprint density at radius 2 is 1.65 bits per heavy atom. The minimum Gasteiger partial charge on any atom is -0.379 e. The van der Waals surface area contributed by atoms with Crippen molar-refractivity contribution in [3.63, 3.8) is 0 Å². The van der Waals surface area contributed by atoms with Crippen LogP contribution in [0.3, 0.4) is 0 Å². The molecule has 2 heterocycles. The summed E-state index contributed by atoms with van der Waals surface area (Å²) in [5.41, 5.74) is 3.33. The van der Waals surface area contributed by atoms with E-state index >= 15 is 4.39 Å². The number of rotatable bonds is 9. The quantitative estimate of drug-likeness (QED) is 0.352. The van der Waals surface area contributed by atoms with Crippen molar-refractivity contribution in [3.05, 3.63) is 107 Å². The molecule has 1 fully saturated rings. The Hall–Kier alpha value is -3.55. The lowest BCUT2D eigenvalue weighted by atomic mass is 9.87. The number of para-hydroxylation sites is 1. The summed E-state index contributed by atoms with van der Waals surface area (Å²) in [6.45, 7) is 4.99. The van der Waals surface area contributed by atoms with Gasteiger partial charge in [-0.15, -0.1) is 0 Å². The summed E-state index contributed by atoms with van der Waals surface area (Å²) in [5.74, 6) is -1.18. The number of hydrogen-bond donors (Lipinski definition) is 1. The van der Waals surface area contributed by atoms with Gasteiger partial charge in [-0.3, -0.25) is 9.69 Å². The van der Waals surface area contributed by atoms with Crippen molar-refractivity contribution in [2.75, 3.05) is 39.4 Å². The molecule has 1 aromatic heterocycles. The summed E-state index contributed by atoms with van der Waals surface area (Å²) < 4.78 is 36.0. The fourth-order valence-electron chi connectivity index (χ4n) is 5.05. The third kappa shape index (κ3) is 6.06. The molecule has 1 unspecified atom stereocenters. The van der Waals surface area contributed by atoms with Crippen LogP contribution in [0.5, 0.6) is 0 Å². The first kappa shape index (κ1) is 25.1. The average Bonchev–Trinajstić information content (AvgIpc) is 3.28. The number of nitrogens with zero attached hydrogens (tertiary/aromatic N) is 2. The van der Waals surface area contributed by atoms with Gasteiger partial charge < -0.3 is 14.6 Å². The van der Waals surface area contributed by atoms with Crippen molar-refractivity contribution >= 4 is 16.8 Å². The molecule has 0 radical (unpaired) electrons. The highest BCUT2D eigenvalue weighted by molar-refractivity contribution is 5.86. The molecule has 7 heteroatoms. The Labute approximate surface area is 215 Å². The predicted octanol–water partition coefficient (Wildman–Crippen LogP) is 4.94. The van der Waals surface area contributed by atoms with Gasteiger partial charge in [0.15, 0.2) is 0 Å². The minimum atomic E-state index is -0.455. The van der Waals surface area contributed by atoms with Gasteiger partial charge in [0.05, 0.1) is 13.2 Å². The number of carbonyl (C=O) groups excluding carboxylic acids is 1. The van der Waals surface area contributed by atoms with Gasteiger partial charge in [-0.1, -0.05) is 48.5 Å². The molecule has 0 spiro atoms. The third-order valence-corrected chi connectivity index (χ3v) is 6.99. The molecular weight excluding hydrogens is 472 g/mol. The van der Waals surface area contributed by atoms with Crippen molar-refractivity contribution in [3.8, 4) is 0 Å². The number of fused-ring (bicyclic) bond motifs is 1. The fraction of sp³-hybridized carbons (Fsp3) is 0.300. The summed E-state index contributed by atoms with van der Waals surface area (Å²) in [6.07, 6.45) is 2.14. The second-order valence-corrected chi connectivity index (χ2v) is 9.44. The van der Waals surface area contributed by atoms with Crippen LogP contribution < -0.4 is 5.32 Å². The van der Waals surface area contributed by atoms with Crippen molar-refractivity contribution in [1.82, 2.24) is 14.8 Å². The molecule has 1 amide bonds. The second-order valence-electron chi connectivity index (χ2n) is 9.44. The molecule has 1 atom stereocenters. The molecule has 0 bridgehead atoms. The Kier molecular flexibility index (Phi) is 7.92. The molecule has 1 saturated heterocycles. The maximum Gasteiger partial charge on any atom is 0.220 e. The number of morpholine rings is 1. The van der Waals surface area contributed by atoms with Gasteiger partial charge in [0, 0.05) is 62.2 Å². The second kappa shape index (κ2) is 11.7. The number of amides is 1. The fourth-order valence-corrected chi connectivity index (χ4v) is 5.05. The zero-order chi connectivity index (χ0) is 25.6. The molecule has 0 aliphatic carbocycles. The highest BCUT2D eigenvalue weighted by Crippen LogP contribution is 2.36. The lowest BCUT2D eigenvalue weighted by Gasteiger charge is -2.26. The Bertz CT molecular complexity index is 1350. The van der Waals surface area contributed by atoms with Crippen molar-refractivity contribution < 1.29 is 18.3 Å². The summed E-state index contributed by atoms with van der Waals surface area (Å²) in [4.78, 5) is 15.4. The summed E-state index contributed by atoms with van der Waals surface area (Å²) >= 11 is 0. The van der Waals surface area contributed by atoms with Gasteiger partial charge in [0.25, 0.3) is 0 Å². The summed E-state index contributed by atoms with van der Waals surface area (Å²) in [7, 11) is 0. The van der Waals surface area contributed by atoms with Crippen molar-refractivity contribution in [1.29, 1.82) is 0 Å². The summed E-state index contributed by atoms with van der Waals surface area (Å²) in [5, 5.41) is 4.00. The first-order valence-corrected chi connectivity index (χ1v) is 12.7. The van der Waals surface area contributed by atoms with E-state index in [4.69, 9.17) is 4.74 Å². The number of carbonyl (C=O) groups is 1. The van der Waals surface area contributed by atoms with Crippen LogP contribution >= 0.6 is 0 Å². The zero-order valence-electron chi connectivity index (χ0n) is 20.7. The molecule has 1 aliphatic heterocycles. The topological polar surface area (TPSA) is 46.5 Å². The SMILES string of the molecule is O=C(CC(c1ccccc1F)c1cn(Cc2ccc(F)cc2)c2ccccc12)NCCN1CCOCC1. The first-order valence-electron chi connectivity index (χ1n) is 12.7. The number of halogens is 2. The molecule has 1 aliphatic rings. The van der Waals surface area contributed by atoms with E-state index in [0.717, 1.165) is 41.7 Å². The maximum atomic E-state index is 15.1.